The van der Waals surface area contributed by atoms with Gasteiger partial charge in [-0.3, -0.25) is 4.79 Å². The lowest BCUT2D eigenvalue weighted by Gasteiger charge is -2.20. The SMILES string of the molecule is CCN(CC)C(=S)SCCC(=O)CCc1ccc(C)cc1. The van der Waals surface area contributed by atoms with Crippen molar-refractivity contribution in [2.24, 2.45) is 0 Å². The van der Waals surface area contributed by atoms with Gasteiger partial charge in [0, 0.05) is 31.7 Å². The third-order valence-electron chi connectivity index (χ3n) is 3.44. The van der Waals surface area contributed by atoms with E-state index in [-0.39, 0.29) is 0 Å². The molecular formula is C17H25NOS2. The predicted octanol–water partition coefficient (Wildman–Crippen LogP) is 4.25. The van der Waals surface area contributed by atoms with Crippen molar-refractivity contribution in [3.8, 4) is 0 Å². The molecule has 4 heteroatoms. The Bertz CT molecular complexity index is 452. The van der Waals surface area contributed by atoms with Crippen LogP contribution in [-0.2, 0) is 11.2 Å². The van der Waals surface area contributed by atoms with E-state index >= 15 is 0 Å². The fraction of sp³-hybridized carbons (Fsp3) is 0.529. The van der Waals surface area contributed by atoms with Gasteiger partial charge in [0.25, 0.3) is 0 Å². The van der Waals surface area contributed by atoms with E-state index in [9.17, 15) is 4.79 Å². The molecule has 0 heterocycles. The van der Waals surface area contributed by atoms with Crippen molar-refractivity contribution in [3.63, 3.8) is 0 Å². The van der Waals surface area contributed by atoms with Crippen LogP contribution in [0.4, 0.5) is 0 Å². The molecule has 0 atom stereocenters. The summed E-state index contributed by atoms with van der Waals surface area (Å²) in [6.45, 7) is 8.14. The largest absolute Gasteiger partial charge is 0.358 e. The Balaban J connectivity index is 2.22. The molecular weight excluding hydrogens is 298 g/mol. The van der Waals surface area contributed by atoms with Gasteiger partial charge in [-0.25, -0.2) is 0 Å². The van der Waals surface area contributed by atoms with Gasteiger partial charge in [0.05, 0.1) is 0 Å². The van der Waals surface area contributed by atoms with E-state index in [1.807, 2.05) is 0 Å². The van der Waals surface area contributed by atoms with Gasteiger partial charge >= 0.3 is 0 Å². The number of rotatable bonds is 8. The highest BCUT2D eigenvalue weighted by Crippen LogP contribution is 2.12. The summed E-state index contributed by atoms with van der Waals surface area (Å²) in [6, 6.07) is 8.40. The maximum atomic E-state index is 11.9. The average Bonchev–Trinajstić information content (AvgIpc) is 2.48. The Kier molecular flexibility index (Phi) is 8.62. The molecule has 0 aliphatic carbocycles. The molecule has 21 heavy (non-hydrogen) atoms. The molecule has 1 rings (SSSR count). The summed E-state index contributed by atoms with van der Waals surface area (Å²) in [7, 11) is 0. The maximum absolute atomic E-state index is 11.9. The molecule has 0 aliphatic heterocycles. The number of hydrogen-bond donors (Lipinski definition) is 0. The number of carbonyl (C=O) groups excluding carboxylic acids is 1. The van der Waals surface area contributed by atoms with Gasteiger partial charge in [-0.1, -0.05) is 53.8 Å². The molecule has 2 nitrogen and oxygen atoms in total. The third-order valence-corrected chi connectivity index (χ3v) is 4.97. The smallest absolute Gasteiger partial charge is 0.136 e. The molecule has 0 aliphatic rings. The number of aryl methyl sites for hydroxylation is 2. The van der Waals surface area contributed by atoms with E-state index in [2.05, 4.69) is 49.9 Å². The monoisotopic (exact) mass is 323 g/mol. The lowest BCUT2D eigenvalue weighted by molar-refractivity contribution is -0.118. The van der Waals surface area contributed by atoms with Crippen LogP contribution in [-0.4, -0.2) is 33.8 Å². The van der Waals surface area contributed by atoms with Crippen molar-refractivity contribution < 1.29 is 4.79 Å². The number of benzene rings is 1. The Labute approximate surface area is 138 Å². The molecule has 0 fully saturated rings. The minimum Gasteiger partial charge on any atom is -0.358 e. The van der Waals surface area contributed by atoms with Crippen LogP contribution in [0.25, 0.3) is 0 Å². The highest BCUT2D eigenvalue weighted by Gasteiger charge is 2.08. The van der Waals surface area contributed by atoms with Gasteiger partial charge in [0.15, 0.2) is 0 Å². The van der Waals surface area contributed by atoms with Crippen molar-refractivity contribution in [2.75, 3.05) is 18.8 Å². The zero-order valence-electron chi connectivity index (χ0n) is 13.2. The second kappa shape index (κ2) is 9.96. The van der Waals surface area contributed by atoms with Crippen molar-refractivity contribution in [1.29, 1.82) is 0 Å². The predicted molar refractivity (Wildman–Crippen MR) is 97.1 cm³/mol. The highest BCUT2D eigenvalue weighted by molar-refractivity contribution is 8.22. The molecule has 0 N–H and O–H groups in total. The molecule has 1 aromatic rings. The van der Waals surface area contributed by atoms with E-state index in [0.29, 0.717) is 18.6 Å². The molecule has 0 bridgehead atoms. The van der Waals surface area contributed by atoms with Crippen LogP contribution >= 0.6 is 24.0 Å². The van der Waals surface area contributed by atoms with Crippen LogP contribution in [0.3, 0.4) is 0 Å². The molecule has 1 aromatic carbocycles. The summed E-state index contributed by atoms with van der Waals surface area (Å²) >= 11 is 6.98. The van der Waals surface area contributed by atoms with E-state index < -0.39 is 0 Å². The standard InChI is InChI=1S/C17H25NOS2/c1-4-18(5-2)17(20)21-13-12-16(19)11-10-15-8-6-14(3)7-9-15/h6-9H,4-5,10-13H2,1-3H3. The molecule has 0 radical (unpaired) electrons. The van der Waals surface area contributed by atoms with E-state index in [4.69, 9.17) is 12.2 Å². The molecule has 0 saturated heterocycles. The van der Waals surface area contributed by atoms with Crippen molar-refractivity contribution >= 4 is 34.1 Å². The topological polar surface area (TPSA) is 20.3 Å². The van der Waals surface area contributed by atoms with Crippen molar-refractivity contribution in [2.45, 2.75) is 40.0 Å². The summed E-state index contributed by atoms with van der Waals surface area (Å²) in [5, 5.41) is 0. The maximum Gasteiger partial charge on any atom is 0.136 e. The van der Waals surface area contributed by atoms with Gasteiger partial charge < -0.3 is 4.90 Å². The number of ketones is 1. The molecule has 0 spiro atoms. The van der Waals surface area contributed by atoms with Gasteiger partial charge in [0.2, 0.25) is 0 Å². The first kappa shape index (κ1) is 18.2. The minimum absolute atomic E-state index is 0.324. The Hall–Kier alpha value is -0.870. The van der Waals surface area contributed by atoms with Gasteiger partial charge in [-0.2, -0.15) is 0 Å². The number of nitrogens with zero attached hydrogens (tertiary/aromatic N) is 1. The number of carbonyl (C=O) groups is 1. The summed E-state index contributed by atoms with van der Waals surface area (Å²) < 4.78 is 0.909. The molecule has 0 aromatic heterocycles. The normalized spacial score (nSPS) is 10.4. The van der Waals surface area contributed by atoms with E-state index in [1.165, 1.54) is 11.1 Å². The van der Waals surface area contributed by atoms with Crippen molar-refractivity contribution in [1.82, 2.24) is 4.90 Å². The van der Waals surface area contributed by atoms with Crippen LogP contribution < -0.4 is 0 Å². The number of thioether (sulfide) groups is 1. The van der Waals surface area contributed by atoms with Crippen LogP contribution in [0.2, 0.25) is 0 Å². The average molecular weight is 324 g/mol. The van der Waals surface area contributed by atoms with Crippen molar-refractivity contribution in [3.05, 3.63) is 35.4 Å². The summed E-state index contributed by atoms with van der Waals surface area (Å²) in [6.07, 6.45) is 2.07. The van der Waals surface area contributed by atoms with Gasteiger partial charge in [-0.15, -0.1) is 0 Å². The Morgan fingerprint density at radius 2 is 1.76 bits per heavy atom. The highest BCUT2D eigenvalue weighted by atomic mass is 32.2. The van der Waals surface area contributed by atoms with Crippen LogP contribution in [0.5, 0.6) is 0 Å². The van der Waals surface area contributed by atoms with E-state index in [1.54, 1.807) is 11.8 Å². The quantitative estimate of drug-likeness (QED) is 0.666. The fourth-order valence-electron chi connectivity index (χ4n) is 1.99. The summed E-state index contributed by atoms with van der Waals surface area (Å²) in [5.41, 5.74) is 2.49. The third kappa shape index (κ3) is 7.09. The second-order valence-electron chi connectivity index (χ2n) is 5.06. The zero-order valence-corrected chi connectivity index (χ0v) is 14.9. The van der Waals surface area contributed by atoms with Gasteiger partial charge in [-0.05, 0) is 32.8 Å². The molecule has 0 saturated carbocycles. The number of Topliss-reactive ketones (excluding diaryl/α,β-unsaturated/α-hetero) is 1. The lowest BCUT2D eigenvalue weighted by atomic mass is 10.1. The Morgan fingerprint density at radius 3 is 2.33 bits per heavy atom. The lowest BCUT2D eigenvalue weighted by Crippen LogP contribution is -2.26. The zero-order chi connectivity index (χ0) is 15.7. The van der Waals surface area contributed by atoms with Gasteiger partial charge in [0.1, 0.15) is 10.1 Å². The first-order valence-corrected chi connectivity index (χ1v) is 8.95. The van der Waals surface area contributed by atoms with Crippen LogP contribution in [0.1, 0.15) is 37.8 Å². The number of thiocarbonyl (C=S) groups is 1. The fourth-order valence-corrected chi connectivity index (χ4v) is 3.44. The van der Waals surface area contributed by atoms with Crippen LogP contribution in [0, 0.1) is 6.92 Å². The summed E-state index contributed by atoms with van der Waals surface area (Å²) in [5.74, 6) is 1.12. The molecule has 0 unspecified atom stereocenters. The first-order chi connectivity index (χ1) is 10.1. The first-order valence-electron chi connectivity index (χ1n) is 7.55. The Morgan fingerprint density at radius 1 is 1.14 bits per heavy atom. The van der Waals surface area contributed by atoms with Crippen LogP contribution in [0.15, 0.2) is 24.3 Å². The molecule has 0 amide bonds. The number of hydrogen-bond acceptors (Lipinski definition) is 3. The summed E-state index contributed by atoms with van der Waals surface area (Å²) in [4.78, 5) is 14.1. The van der Waals surface area contributed by atoms with E-state index in [0.717, 1.165) is 29.6 Å². The second-order valence-corrected chi connectivity index (χ2v) is 6.79. The molecule has 116 valence electrons. The minimum atomic E-state index is 0.324.